The minimum atomic E-state index is -0.219. The smallest absolute Gasteiger partial charge is 0.259 e. The van der Waals surface area contributed by atoms with Crippen LogP contribution in [0.5, 0.6) is 5.75 Å². The Hall–Kier alpha value is -3.28. The highest BCUT2D eigenvalue weighted by atomic mass is 16.5. The van der Waals surface area contributed by atoms with Crippen LogP contribution in [0.15, 0.2) is 41.5 Å². The number of carbonyl (C=O) groups is 1. The van der Waals surface area contributed by atoms with Gasteiger partial charge in [0.05, 0.1) is 25.4 Å². The lowest BCUT2D eigenvalue weighted by Gasteiger charge is -2.40. The SMILES string of the molecule is COc1cc2c(cc1/C=N\NC(=O)CNc1ccc(C)c(C)c1)C(C)=CC(C)(C)N2C. The van der Waals surface area contributed by atoms with Crippen LogP contribution in [-0.2, 0) is 4.79 Å². The number of carbonyl (C=O) groups excluding carboxylic acids is 1. The van der Waals surface area contributed by atoms with Crippen LogP contribution >= 0.6 is 0 Å². The lowest BCUT2D eigenvalue weighted by Crippen LogP contribution is -2.42. The molecule has 6 heteroatoms. The quantitative estimate of drug-likeness (QED) is 0.533. The minimum absolute atomic E-state index is 0.0747. The van der Waals surface area contributed by atoms with Gasteiger partial charge in [-0.1, -0.05) is 12.1 Å². The number of amides is 1. The lowest BCUT2D eigenvalue weighted by molar-refractivity contribution is -0.119. The van der Waals surface area contributed by atoms with Crippen molar-refractivity contribution < 1.29 is 9.53 Å². The van der Waals surface area contributed by atoms with Crippen LogP contribution in [0.3, 0.4) is 0 Å². The molecule has 1 aliphatic rings. The number of nitrogens with one attached hydrogen (secondary N) is 2. The number of nitrogens with zero attached hydrogens (tertiary/aromatic N) is 2. The van der Waals surface area contributed by atoms with E-state index in [1.54, 1.807) is 13.3 Å². The second kappa shape index (κ2) is 8.84. The second-order valence-electron chi connectivity index (χ2n) is 8.60. The third-order valence-electron chi connectivity index (χ3n) is 5.92. The van der Waals surface area contributed by atoms with E-state index in [1.165, 1.54) is 16.7 Å². The summed E-state index contributed by atoms with van der Waals surface area (Å²) in [6.07, 6.45) is 3.88. The summed E-state index contributed by atoms with van der Waals surface area (Å²) in [4.78, 5) is 14.4. The number of fused-ring (bicyclic) bond motifs is 1. The van der Waals surface area contributed by atoms with Gasteiger partial charge in [-0.15, -0.1) is 0 Å². The number of hydrogen-bond donors (Lipinski definition) is 2. The molecule has 0 saturated carbocycles. The van der Waals surface area contributed by atoms with Gasteiger partial charge >= 0.3 is 0 Å². The first kappa shape index (κ1) is 22.4. The van der Waals surface area contributed by atoms with Gasteiger partial charge in [-0.05, 0) is 69.5 Å². The molecule has 0 aromatic heterocycles. The summed E-state index contributed by atoms with van der Waals surface area (Å²) in [7, 11) is 3.72. The second-order valence-corrected chi connectivity index (χ2v) is 8.60. The summed E-state index contributed by atoms with van der Waals surface area (Å²) in [5.41, 5.74) is 10.1. The van der Waals surface area contributed by atoms with E-state index in [2.05, 4.69) is 67.6 Å². The van der Waals surface area contributed by atoms with E-state index in [0.717, 1.165) is 22.5 Å². The van der Waals surface area contributed by atoms with E-state index >= 15 is 0 Å². The van der Waals surface area contributed by atoms with Crippen LogP contribution in [0, 0.1) is 13.8 Å². The molecule has 0 bridgehead atoms. The molecule has 31 heavy (non-hydrogen) atoms. The van der Waals surface area contributed by atoms with E-state index in [9.17, 15) is 4.79 Å². The molecule has 1 amide bonds. The van der Waals surface area contributed by atoms with Crippen molar-refractivity contribution in [2.75, 3.05) is 30.9 Å². The predicted molar refractivity (Wildman–Crippen MR) is 129 cm³/mol. The average molecular weight is 421 g/mol. The Balaban J connectivity index is 1.70. The molecule has 1 aliphatic heterocycles. The maximum absolute atomic E-state index is 12.2. The number of allylic oxidation sites excluding steroid dienone is 1. The van der Waals surface area contributed by atoms with Crippen molar-refractivity contribution in [2.45, 2.75) is 40.2 Å². The molecule has 0 unspecified atom stereocenters. The van der Waals surface area contributed by atoms with Gasteiger partial charge in [-0.3, -0.25) is 4.79 Å². The van der Waals surface area contributed by atoms with Crippen LogP contribution in [0.1, 0.15) is 43.0 Å². The molecule has 6 nitrogen and oxygen atoms in total. The van der Waals surface area contributed by atoms with Crippen LogP contribution < -0.4 is 20.4 Å². The fourth-order valence-corrected chi connectivity index (χ4v) is 3.72. The molecule has 0 fully saturated rings. The fraction of sp³-hybridized carbons (Fsp3) is 0.360. The molecule has 3 rings (SSSR count). The third-order valence-corrected chi connectivity index (χ3v) is 5.92. The number of likely N-dealkylation sites (N-methyl/N-ethyl adjacent to an activating group) is 1. The van der Waals surface area contributed by atoms with Gasteiger partial charge in [0.2, 0.25) is 0 Å². The topological polar surface area (TPSA) is 66.0 Å². The summed E-state index contributed by atoms with van der Waals surface area (Å²) in [6.45, 7) is 10.7. The zero-order valence-electron chi connectivity index (χ0n) is 19.5. The largest absolute Gasteiger partial charge is 0.496 e. The number of ether oxygens (including phenoxy) is 1. The van der Waals surface area contributed by atoms with Crippen LogP contribution in [0.25, 0.3) is 5.57 Å². The normalized spacial score (nSPS) is 14.8. The summed E-state index contributed by atoms with van der Waals surface area (Å²) >= 11 is 0. The van der Waals surface area contributed by atoms with Gasteiger partial charge < -0.3 is 15.0 Å². The average Bonchev–Trinajstić information content (AvgIpc) is 2.72. The molecule has 0 spiro atoms. The van der Waals surface area contributed by atoms with Gasteiger partial charge in [-0.25, -0.2) is 5.43 Å². The summed E-state index contributed by atoms with van der Waals surface area (Å²) in [5, 5.41) is 7.26. The Morgan fingerprint density at radius 2 is 1.90 bits per heavy atom. The van der Waals surface area contributed by atoms with Crippen LogP contribution in [0.2, 0.25) is 0 Å². The highest BCUT2D eigenvalue weighted by molar-refractivity contribution is 5.91. The summed E-state index contributed by atoms with van der Waals surface area (Å²) in [5.74, 6) is 0.492. The highest BCUT2D eigenvalue weighted by Crippen LogP contribution is 2.40. The first-order valence-corrected chi connectivity index (χ1v) is 10.4. The standard InChI is InChI=1S/C25H32N4O2/c1-16-8-9-20(10-17(16)2)26-15-24(30)28-27-14-19-11-21-18(3)13-25(4,5)29(6)22(21)12-23(19)31-7/h8-14,26H,15H2,1-7H3,(H,28,30)/b27-14-. The van der Waals surface area contributed by atoms with E-state index in [4.69, 9.17) is 4.74 Å². The van der Waals surface area contributed by atoms with Crippen molar-refractivity contribution in [3.63, 3.8) is 0 Å². The van der Waals surface area contributed by atoms with E-state index < -0.39 is 0 Å². The molecule has 0 radical (unpaired) electrons. The number of rotatable bonds is 6. The van der Waals surface area contributed by atoms with Crippen LogP contribution in [0.4, 0.5) is 11.4 Å². The van der Waals surface area contributed by atoms with Crippen molar-refractivity contribution in [2.24, 2.45) is 5.10 Å². The fourth-order valence-electron chi connectivity index (χ4n) is 3.72. The number of hydrazone groups is 1. The zero-order chi connectivity index (χ0) is 22.8. The minimum Gasteiger partial charge on any atom is -0.496 e. The molecular formula is C25H32N4O2. The zero-order valence-corrected chi connectivity index (χ0v) is 19.5. The molecule has 0 saturated heterocycles. The first-order valence-electron chi connectivity index (χ1n) is 10.4. The maximum Gasteiger partial charge on any atom is 0.259 e. The highest BCUT2D eigenvalue weighted by Gasteiger charge is 2.29. The van der Waals surface area contributed by atoms with Gasteiger partial charge in [0.25, 0.3) is 5.91 Å². The van der Waals surface area contributed by atoms with Crippen molar-refractivity contribution >= 4 is 29.1 Å². The van der Waals surface area contributed by atoms with E-state index in [0.29, 0.717) is 5.75 Å². The molecule has 0 aliphatic carbocycles. The van der Waals surface area contributed by atoms with Gasteiger partial charge in [0, 0.05) is 35.6 Å². The monoisotopic (exact) mass is 420 g/mol. The summed E-state index contributed by atoms with van der Waals surface area (Å²) in [6, 6.07) is 10.1. The lowest BCUT2D eigenvalue weighted by atomic mass is 9.88. The van der Waals surface area contributed by atoms with Crippen molar-refractivity contribution in [3.05, 3.63) is 58.7 Å². The number of anilines is 2. The molecule has 0 atom stereocenters. The maximum atomic E-state index is 12.2. The Bertz CT molecular complexity index is 1050. The first-order chi connectivity index (χ1) is 14.6. The van der Waals surface area contributed by atoms with Gasteiger partial charge in [-0.2, -0.15) is 5.10 Å². The number of methoxy groups -OCH3 is 1. The molecule has 2 aromatic rings. The van der Waals surface area contributed by atoms with Gasteiger partial charge in [0.15, 0.2) is 0 Å². The Kier molecular flexibility index (Phi) is 6.39. The summed E-state index contributed by atoms with van der Waals surface area (Å²) < 4.78 is 5.58. The molecular weight excluding hydrogens is 388 g/mol. The Morgan fingerprint density at radius 3 is 2.58 bits per heavy atom. The van der Waals surface area contributed by atoms with Crippen molar-refractivity contribution in [1.82, 2.24) is 5.43 Å². The third kappa shape index (κ3) is 4.90. The van der Waals surface area contributed by atoms with E-state index in [1.807, 2.05) is 31.2 Å². The predicted octanol–water partition coefficient (Wildman–Crippen LogP) is 4.51. The molecule has 2 aromatic carbocycles. The van der Waals surface area contributed by atoms with Crippen molar-refractivity contribution in [3.8, 4) is 5.75 Å². The molecule has 1 heterocycles. The van der Waals surface area contributed by atoms with Crippen molar-refractivity contribution in [1.29, 1.82) is 0 Å². The van der Waals surface area contributed by atoms with Crippen LogP contribution in [-0.4, -0.2) is 38.4 Å². The number of hydrogen-bond acceptors (Lipinski definition) is 5. The molecule has 164 valence electrons. The molecule has 2 N–H and O–H groups in total. The number of benzene rings is 2. The Morgan fingerprint density at radius 1 is 1.16 bits per heavy atom. The Labute approximate surface area is 185 Å². The number of aryl methyl sites for hydroxylation is 2. The van der Waals surface area contributed by atoms with E-state index in [-0.39, 0.29) is 18.0 Å². The van der Waals surface area contributed by atoms with Gasteiger partial charge in [0.1, 0.15) is 5.75 Å².